The van der Waals surface area contributed by atoms with Crippen LogP contribution in [0.2, 0.25) is 0 Å². The van der Waals surface area contributed by atoms with E-state index in [1.54, 1.807) is 0 Å². The third kappa shape index (κ3) is 12.2. The van der Waals surface area contributed by atoms with Gasteiger partial charge in [0.15, 0.2) is 0 Å². The summed E-state index contributed by atoms with van der Waals surface area (Å²) in [5.74, 6) is 9.27. The van der Waals surface area contributed by atoms with Crippen molar-refractivity contribution in [1.82, 2.24) is 9.80 Å². The average molecular weight is 517 g/mol. The lowest BCUT2D eigenvalue weighted by Crippen LogP contribution is -2.29. The van der Waals surface area contributed by atoms with E-state index in [4.69, 9.17) is 9.47 Å². The minimum absolute atomic E-state index is 0.898. The van der Waals surface area contributed by atoms with Crippen LogP contribution in [-0.4, -0.2) is 108 Å². The van der Waals surface area contributed by atoms with E-state index in [0.717, 1.165) is 62.5 Å². The molecular weight excluding hydrogens is 477 g/mol. The molecule has 0 bridgehead atoms. The molecule has 4 nitrogen and oxygen atoms in total. The molecule has 0 unspecified atom stereocenters. The van der Waals surface area contributed by atoms with Crippen LogP contribution < -0.4 is 0 Å². The number of benzene rings is 1. The van der Waals surface area contributed by atoms with Crippen LogP contribution in [0.25, 0.3) is 0 Å². The summed E-state index contributed by atoms with van der Waals surface area (Å²) in [6.45, 7) is 10.4. The number of ether oxygens (including phenoxy) is 2. The van der Waals surface area contributed by atoms with Crippen molar-refractivity contribution in [3.05, 3.63) is 35.4 Å². The quantitative estimate of drug-likeness (QED) is 0.585. The molecule has 1 aromatic carbocycles. The van der Waals surface area contributed by atoms with Crippen molar-refractivity contribution in [2.24, 2.45) is 0 Å². The highest BCUT2D eigenvalue weighted by Gasteiger charge is 2.10. The third-order valence-corrected chi connectivity index (χ3v) is 9.24. The molecule has 2 heterocycles. The van der Waals surface area contributed by atoms with Gasteiger partial charge in [-0.3, -0.25) is 9.80 Å². The minimum Gasteiger partial charge on any atom is -0.380 e. The van der Waals surface area contributed by atoms with E-state index in [1.807, 2.05) is 47.0 Å². The van der Waals surface area contributed by atoms with E-state index >= 15 is 0 Å². The topological polar surface area (TPSA) is 24.9 Å². The first kappa shape index (κ1) is 27.1. The highest BCUT2D eigenvalue weighted by atomic mass is 32.2. The van der Waals surface area contributed by atoms with Crippen LogP contribution in [0.1, 0.15) is 11.1 Å². The molecule has 1 aromatic rings. The summed E-state index contributed by atoms with van der Waals surface area (Å²) < 4.78 is 11.3. The predicted octanol–water partition coefficient (Wildman–Crippen LogP) is 4.28. The van der Waals surface area contributed by atoms with Gasteiger partial charge in [0.05, 0.1) is 26.4 Å². The van der Waals surface area contributed by atoms with E-state index in [-0.39, 0.29) is 0 Å². The highest BCUT2D eigenvalue weighted by Crippen LogP contribution is 2.14. The number of rotatable bonds is 4. The maximum atomic E-state index is 5.66. The Labute approximate surface area is 212 Å². The first-order valence-electron chi connectivity index (χ1n) is 11.9. The zero-order valence-corrected chi connectivity index (χ0v) is 22.6. The Morgan fingerprint density at radius 3 is 1.12 bits per heavy atom. The number of nitrogens with zero attached hydrogens (tertiary/aromatic N) is 2. The summed E-state index contributed by atoms with van der Waals surface area (Å²) in [5, 5.41) is 0. The van der Waals surface area contributed by atoms with Gasteiger partial charge in [0.2, 0.25) is 0 Å². The number of thioether (sulfide) groups is 4. The second-order valence-electron chi connectivity index (χ2n) is 8.04. The van der Waals surface area contributed by atoms with Crippen LogP contribution >= 0.6 is 47.0 Å². The number of hydrogen-bond acceptors (Lipinski definition) is 8. The van der Waals surface area contributed by atoms with Crippen LogP contribution in [-0.2, 0) is 22.6 Å². The lowest BCUT2D eigenvalue weighted by molar-refractivity contribution is 0.167. The molecule has 0 aromatic heterocycles. The Bertz CT molecular complexity index is 519. The zero-order chi connectivity index (χ0) is 22.1. The molecule has 2 aliphatic heterocycles. The van der Waals surface area contributed by atoms with E-state index in [2.05, 4.69) is 34.1 Å². The van der Waals surface area contributed by atoms with Crippen molar-refractivity contribution in [2.75, 3.05) is 98.6 Å². The van der Waals surface area contributed by atoms with Crippen LogP contribution in [0.15, 0.2) is 24.3 Å². The molecule has 8 heteroatoms. The van der Waals surface area contributed by atoms with Crippen molar-refractivity contribution < 1.29 is 9.47 Å². The summed E-state index contributed by atoms with van der Waals surface area (Å²) in [4.78, 5) is 5.26. The third-order valence-electron chi connectivity index (χ3n) is 5.53. The van der Waals surface area contributed by atoms with Gasteiger partial charge in [-0.1, -0.05) is 24.3 Å². The van der Waals surface area contributed by atoms with Gasteiger partial charge in [-0.05, 0) is 11.1 Å². The Morgan fingerprint density at radius 1 is 0.500 bits per heavy atom. The van der Waals surface area contributed by atoms with Crippen molar-refractivity contribution in [3.63, 3.8) is 0 Å². The second kappa shape index (κ2) is 17.8. The summed E-state index contributed by atoms with van der Waals surface area (Å²) in [6.07, 6.45) is 0. The van der Waals surface area contributed by atoms with Crippen molar-refractivity contribution in [2.45, 2.75) is 13.1 Å². The molecule has 0 N–H and O–H groups in total. The van der Waals surface area contributed by atoms with E-state index in [9.17, 15) is 0 Å². The molecule has 32 heavy (non-hydrogen) atoms. The Balaban J connectivity index is 1.46. The molecule has 2 fully saturated rings. The van der Waals surface area contributed by atoms with Crippen LogP contribution in [0, 0.1) is 0 Å². The fraction of sp³-hybridized carbons (Fsp3) is 0.750. The molecule has 0 saturated carbocycles. The molecule has 0 aliphatic carbocycles. The molecule has 3 rings (SSSR count). The van der Waals surface area contributed by atoms with Gasteiger partial charge < -0.3 is 9.47 Å². The predicted molar refractivity (Wildman–Crippen MR) is 148 cm³/mol. The van der Waals surface area contributed by atoms with Gasteiger partial charge in [0, 0.05) is 85.3 Å². The largest absolute Gasteiger partial charge is 0.380 e. The lowest BCUT2D eigenvalue weighted by atomic mass is 10.1. The van der Waals surface area contributed by atoms with Crippen LogP contribution in [0.3, 0.4) is 0 Å². The second-order valence-corrected chi connectivity index (χ2v) is 12.9. The zero-order valence-electron chi connectivity index (χ0n) is 19.4. The van der Waals surface area contributed by atoms with E-state index in [1.165, 1.54) is 60.3 Å². The monoisotopic (exact) mass is 516 g/mol. The minimum atomic E-state index is 0.898. The Kier molecular flexibility index (Phi) is 15.1. The van der Waals surface area contributed by atoms with Crippen LogP contribution in [0.5, 0.6) is 0 Å². The van der Waals surface area contributed by atoms with Gasteiger partial charge >= 0.3 is 0 Å². The maximum Gasteiger partial charge on any atom is 0.0557 e. The highest BCUT2D eigenvalue weighted by molar-refractivity contribution is 7.99. The van der Waals surface area contributed by atoms with Gasteiger partial charge in [-0.25, -0.2) is 0 Å². The van der Waals surface area contributed by atoms with Crippen LogP contribution in [0.4, 0.5) is 0 Å². The standard InChI is InChI=1S/C24H40N2O2S4/c1-2-24(22-26-7-15-31-19-11-28-12-20-32-16-8-26)4-3-23(1)21-25-5-13-29-17-9-27-10-18-30-14-6-25/h1-4H,5-22H2. The number of hydrogen-bond donors (Lipinski definition) is 0. The van der Waals surface area contributed by atoms with Crippen molar-refractivity contribution >= 4 is 47.0 Å². The average Bonchev–Trinajstić information content (AvgIpc) is 2.79. The molecular formula is C24H40N2O2S4. The molecule has 2 aliphatic rings. The molecule has 182 valence electrons. The van der Waals surface area contributed by atoms with Crippen molar-refractivity contribution in [1.29, 1.82) is 0 Å². The first-order valence-corrected chi connectivity index (χ1v) is 16.5. The molecule has 0 amide bonds. The van der Waals surface area contributed by atoms with Crippen molar-refractivity contribution in [3.8, 4) is 0 Å². The van der Waals surface area contributed by atoms with Gasteiger partial charge in [-0.15, -0.1) is 0 Å². The summed E-state index contributed by atoms with van der Waals surface area (Å²) >= 11 is 8.09. The SMILES string of the molecule is c1cc(CN2CCSCCOCCSCC2)ccc1CN1CCSCCOCCSCC1. The Hall–Kier alpha value is 0.460. The maximum absolute atomic E-state index is 5.66. The summed E-state index contributed by atoms with van der Waals surface area (Å²) in [7, 11) is 0. The molecule has 0 spiro atoms. The molecule has 2 saturated heterocycles. The van der Waals surface area contributed by atoms with Gasteiger partial charge in [0.1, 0.15) is 0 Å². The summed E-state index contributed by atoms with van der Waals surface area (Å²) in [5.41, 5.74) is 2.89. The normalized spacial score (nSPS) is 22.8. The Morgan fingerprint density at radius 2 is 0.812 bits per heavy atom. The summed E-state index contributed by atoms with van der Waals surface area (Å²) in [6, 6.07) is 9.43. The smallest absolute Gasteiger partial charge is 0.0557 e. The fourth-order valence-corrected chi connectivity index (χ4v) is 6.97. The van der Waals surface area contributed by atoms with Gasteiger partial charge in [0.25, 0.3) is 0 Å². The van der Waals surface area contributed by atoms with Gasteiger partial charge in [-0.2, -0.15) is 47.0 Å². The van der Waals surface area contributed by atoms with E-state index in [0.29, 0.717) is 0 Å². The molecule has 0 radical (unpaired) electrons. The lowest BCUT2D eigenvalue weighted by Gasteiger charge is -2.24. The molecule has 0 atom stereocenters. The fourth-order valence-electron chi connectivity index (χ4n) is 3.66. The first-order chi connectivity index (χ1) is 15.9. The van der Waals surface area contributed by atoms with E-state index < -0.39 is 0 Å².